The summed E-state index contributed by atoms with van der Waals surface area (Å²) in [6, 6.07) is 5.23. The van der Waals surface area contributed by atoms with Crippen LogP contribution in [-0.4, -0.2) is 38.0 Å². The van der Waals surface area contributed by atoms with Crippen molar-refractivity contribution >= 4 is 16.9 Å². The van der Waals surface area contributed by atoms with Crippen LogP contribution in [-0.2, 0) is 0 Å². The topological polar surface area (TPSA) is 62.6 Å². The van der Waals surface area contributed by atoms with Crippen molar-refractivity contribution in [2.24, 2.45) is 0 Å². The Labute approximate surface area is 115 Å². The summed E-state index contributed by atoms with van der Waals surface area (Å²) in [5.41, 5.74) is -0.729. The normalized spacial score (nSPS) is 11.0. The molecule has 5 nitrogen and oxygen atoms in total. The van der Waals surface area contributed by atoms with Crippen molar-refractivity contribution in [2.45, 2.75) is 0 Å². The fourth-order valence-electron chi connectivity index (χ4n) is 1.73. The number of nitrogens with zero attached hydrogens (tertiary/aromatic N) is 1. The summed E-state index contributed by atoms with van der Waals surface area (Å²) in [4.78, 5) is 25.5. The highest BCUT2D eigenvalue weighted by Crippen LogP contribution is 2.14. The Morgan fingerprint density at radius 1 is 1.35 bits per heavy atom. The zero-order valence-electron chi connectivity index (χ0n) is 11.3. The third kappa shape index (κ3) is 3.21. The molecule has 1 heterocycles. The molecule has 1 aromatic carbocycles. The minimum absolute atomic E-state index is 0.0807. The van der Waals surface area contributed by atoms with Crippen LogP contribution in [0, 0.1) is 5.82 Å². The number of carbonyl (C=O) groups is 1. The van der Waals surface area contributed by atoms with Gasteiger partial charge in [0.1, 0.15) is 17.0 Å². The molecule has 0 saturated carbocycles. The van der Waals surface area contributed by atoms with Crippen LogP contribution in [0.5, 0.6) is 0 Å². The summed E-state index contributed by atoms with van der Waals surface area (Å²) in [5, 5.41) is 3.14. The quantitative estimate of drug-likeness (QED) is 0.854. The lowest BCUT2D eigenvalue weighted by molar-refractivity contribution is 0.0947. The first-order valence-corrected chi connectivity index (χ1v) is 6.14. The molecule has 0 fully saturated rings. The van der Waals surface area contributed by atoms with E-state index < -0.39 is 17.3 Å². The van der Waals surface area contributed by atoms with Crippen LogP contribution in [0.2, 0.25) is 0 Å². The first-order chi connectivity index (χ1) is 9.47. The average Bonchev–Trinajstić information content (AvgIpc) is 2.37. The van der Waals surface area contributed by atoms with E-state index in [0.717, 1.165) is 6.07 Å². The summed E-state index contributed by atoms with van der Waals surface area (Å²) >= 11 is 0. The maximum absolute atomic E-state index is 13.0. The van der Waals surface area contributed by atoms with Gasteiger partial charge in [-0.2, -0.15) is 0 Å². The van der Waals surface area contributed by atoms with E-state index in [1.165, 1.54) is 18.2 Å². The molecule has 1 aromatic heterocycles. The Kier molecular flexibility index (Phi) is 4.14. The summed E-state index contributed by atoms with van der Waals surface area (Å²) in [6.07, 6.45) is 0. The molecule has 2 aromatic rings. The van der Waals surface area contributed by atoms with Crippen molar-refractivity contribution in [3.05, 3.63) is 46.1 Å². The Balaban J connectivity index is 2.26. The van der Waals surface area contributed by atoms with Crippen LogP contribution >= 0.6 is 0 Å². The number of rotatable bonds is 4. The second kappa shape index (κ2) is 5.83. The summed E-state index contributed by atoms with van der Waals surface area (Å²) in [5.74, 6) is -0.990. The van der Waals surface area contributed by atoms with Gasteiger partial charge in [-0.3, -0.25) is 4.79 Å². The largest absolute Gasteiger partial charge is 0.422 e. The molecule has 0 saturated heterocycles. The fraction of sp³-hybridized carbons (Fsp3) is 0.286. The van der Waals surface area contributed by atoms with Crippen molar-refractivity contribution in [1.82, 2.24) is 10.2 Å². The Morgan fingerprint density at radius 3 is 2.80 bits per heavy atom. The third-order valence-electron chi connectivity index (χ3n) is 2.79. The van der Waals surface area contributed by atoms with E-state index in [9.17, 15) is 14.0 Å². The van der Waals surface area contributed by atoms with Crippen molar-refractivity contribution < 1.29 is 13.6 Å². The average molecular weight is 278 g/mol. The van der Waals surface area contributed by atoms with E-state index in [1.807, 2.05) is 19.0 Å². The molecule has 0 unspecified atom stereocenters. The highest BCUT2D eigenvalue weighted by Gasteiger charge is 2.13. The van der Waals surface area contributed by atoms with Gasteiger partial charge in [0.2, 0.25) is 0 Å². The molecule has 6 heteroatoms. The molecule has 20 heavy (non-hydrogen) atoms. The number of halogens is 1. The van der Waals surface area contributed by atoms with Gasteiger partial charge in [-0.15, -0.1) is 0 Å². The predicted octanol–water partition coefficient (Wildman–Crippen LogP) is 1.22. The van der Waals surface area contributed by atoms with Gasteiger partial charge in [0.05, 0.1) is 0 Å². The molecule has 106 valence electrons. The van der Waals surface area contributed by atoms with E-state index in [1.54, 1.807) is 0 Å². The van der Waals surface area contributed by atoms with Crippen LogP contribution in [0.1, 0.15) is 10.4 Å². The molecular weight excluding hydrogens is 263 g/mol. The highest BCUT2D eigenvalue weighted by atomic mass is 19.1. The van der Waals surface area contributed by atoms with E-state index in [0.29, 0.717) is 18.5 Å². The lowest BCUT2D eigenvalue weighted by atomic mass is 10.1. The molecule has 0 aliphatic rings. The fourth-order valence-corrected chi connectivity index (χ4v) is 1.73. The lowest BCUT2D eigenvalue weighted by Crippen LogP contribution is -2.33. The SMILES string of the molecule is CN(C)CCNC(=O)c1cc2ccc(F)cc2oc1=O. The minimum atomic E-state index is -0.773. The van der Waals surface area contributed by atoms with Gasteiger partial charge < -0.3 is 14.6 Å². The van der Waals surface area contributed by atoms with Crippen LogP contribution < -0.4 is 10.9 Å². The van der Waals surface area contributed by atoms with Crippen molar-refractivity contribution in [2.75, 3.05) is 27.2 Å². The molecule has 0 atom stereocenters. The Hall–Kier alpha value is -2.21. The van der Waals surface area contributed by atoms with Gasteiger partial charge in [-0.25, -0.2) is 9.18 Å². The Morgan fingerprint density at radius 2 is 2.10 bits per heavy atom. The zero-order chi connectivity index (χ0) is 14.7. The maximum Gasteiger partial charge on any atom is 0.349 e. The molecule has 0 aliphatic carbocycles. The number of nitrogens with one attached hydrogen (secondary N) is 1. The molecule has 0 spiro atoms. The zero-order valence-corrected chi connectivity index (χ0v) is 11.3. The Bertz CT molecular complexity index is 694. The van der Waals surface area contributed by atoms with Gasteiger partial charge in [-0.05, 0) is 32.3 Å². The van der Waals surface area contributed by atoms with E-state index in [-0.39, 0.29) is 11.1 Å². The van der Waals surface area contributed by atoms with Gasteiger partial charge in [-0.1, -0.05) is 0 Å². The summed E-state index contributed by atoms with van der Waals surface area (Å²) < 4.78 is 18.0. The number of amides is 1. The molecule has 1 N–H and O–H groups in total. The molecular formula is C14H15FN2O3. The van der Waals surface area contributed by atoms with Crippen LogP contribution in [0.15, 0.2) is 33.5 Å². The van der Waals surface area contributed by atoms with Crippen LogP contribution in [0.3, 0.4) is 0 Å². The van der Waals surface area contributed by atoms with E-state index >= 15 is 0 Å². The standard InChI is InChI=1S/C14H15FN2O3/c1-17(2)6-5-16-13(18)11-7-9-3-4-10(15)8-12(9)20-14(11)19/h3-4,7-8H,5-6H2,1-2H3,(H,16,18). The molecule has 0 radical (unpaired) electrons. The van der Waals surface area contributed by atoms with Crippen molar-refractivity contribution in [3.8, 4) is 0 Å². The molecule has 0 bridgehead atoms. The molecule has 2 rings (SSSR count). The smallest absolute Gasteiger partial charge is 0.349 e. The maximum atomic E-state index is 13.0. The predicted molar refractivity (Wildman–Crippen MR) is 73.3 cm³/mol. The summed E-state index contributed by atoms with van der Waals surface area (Å²) in [6.45, 7) is 1.09. The number of carbonyl (C=O) groups excluding carboxylic acids is 1. The third-order valence-corrected chi connectivity index (χ3v) is 2.79. The monoisotopic (exact) mass is 278 g/mol. The van der Waals surface area contributed by atoms with Gasteiger partial charge >= 0.3 is 5.63 Å². The van der Waals surface area contributed by atoms with E-state index in [4.69, 9.17) is 4.42 Å². The highest BCUT2D eigenvalue weighted by molar-refractivity contribution is 5.96. The first-order valence-electron chi connectivity index (χ1n) is 6.14. The number of likely N-dealkylation sites (N-methyl/N-ethyl adjacent to an activating group) is 1. The second-order valence-electron chi connectivity index (χ2n) is 4.69. The lowest BCUT2D eigenvalue weighted by Gasteiger charge is -2.10. The van der Waals surface area contributed by atoms with Gasteiger partial charge in [0.15, 0.2) is 0 Å². The number of hydrogen-bond acceptors (Lipinski definition) is 4. The second-order valence-corrected chi connectivity index (χ2v) is 4.69. The molecule has 0 aliphatic heterocycles. The van der Waals surface area contributed by atoms with E-state index in [2.05, 4.69) is 5.32 Å². The van der Waals surface area contributed by atoms with Crippen LogP contribution in [0.25, 0.3) is 11.0 Å². The number of benzene rings is 1. The van der Waals surface area contributed by atoms with Crippen molar-refractivity contribution in [3.63, 3.8) is 0 Å². The summed E-state index contributed by atoms with van der Waals surface area (Å²) in [7, 11) is 3.76. The minimum Gasteiger partial charge on any atom is -0.422 e. The van der Waals surface area contributed by atoms with Crippen LogP contribution in [0.4, 0.5) is 4.39 Å². The number of hydrogen-bond donors (Lipinski definition) is 1. The first kappa shape index (κ1) is 14.2. The van der Waals surface area contributed by atoms with Gasteiger partial charge in [0.25, 0.3) is 5.91 Å². The molecule has 1 amide bonds. The van der Waals surface area contributed by atoms with Crippen molar-refractivity contribution in [1.29, 1.82) is 0 Å². The number of fused-ring (bicyclic) bond motifs is 1. The van der Waals surface area contributed by atoms with Gasteiger partial charge in [0, 0.05) is 24.5 Å².